The summed E-state index contributed by atoms with van der Waals surface area (Å²) >= 11 is 0. The first kappa shape index (κ1) is 29.5. The maximum absolute atomic E-state index is 13.8. The van der Waals surface area contributed by atoms with Crippen LogP contribution in [0, 0.1) is 0 Å². The zero-order chi connectivity index (χ0) is 31.1. The van der Waals surface area contributed by atoms with Gasteiger partial charge in [0.2, 0.25) is 0 Å². The minimum atomic E-state index is -0.220. The summed E-state index contributed by atoms with van der Waals surface area (Å²) in [6.45, 7) is 8.70. The summed E-state index contributed by atoms with van der Waals surface area (Å²) in [6.07, 6.45) is 8.27. The number of pyridine rings is 2. The molecule has 1 N–H and O–H groups in total. The van der Waals surface area contributed by atoms with Gasteiger partial charge in [-0.25, -0.2) is 0 Å². The lowest BCUT2D eigenvalue weighted by atomic mass is 9.96. The van der Waals surface area contributed by atoms with E-state index in [4.69, 9.17) is 4.98 Å². The van der Waals surface area contributed by atoms with Gasteiger partial charge in [0.25, 0.3) is 11.5 Å². The number of nitrogens with zero attached hydrogens (tertiary/aromatic N) is 6. The number of anilines is 2. The molecule has 1 saturated heterocycles. The number of likely N-dealkylation sites (N-methyl/N-ethyl adjacent to an activating group) is 1. The van der Waals surface area contributed by atoms with Gasteiger partial charge in [-0.1, -0.05) is 19.1 Å². The van der Waals surface area contributed by atoms with Crippen molar-refractivity contribution in [1.29, 1.82) is 0 Å². The van der Waals surface area contributed by atoms with Gasteiger partial charge in [0.15, 0.2) is 0 Å². The van der Waals surface area contributed by atoms with Gasteiger partial charge in [0, 0.05) is 93.6 Å². The number of aryl methyl sites for hydroxylation is 2. The van der Waals surface area contributed by atoms with E-state index >= 15 is 0 Å². The second-order valence-electron chi connectivity index (χ2n) is 12.5. The number of fused-ring (bicyclic) bond motifs is 3. The van der Waals surface area contributed by atoms with E-state index in [1.807, 2.05) is 47.6 Å². The number of carbonyl (C=O) groups is 1. The van der Waals surface area contributed by atoms with Crippen LogP contribution in [0.15, 0.2) is 59.7 Å². The minimum absolute atomic E-state index is 0.00656. The average molecular weight is 607 g/mol. The molecule has 6 heterocycles. The molecule has 1 amide bonds. The molecule has 0 spiro atoms. The zero-order valence-electron chi connectivity index (χ0n) is 26.3. The van der Waals surface area contributed by atoms with Crippen molar-refractivity contribution in [3.63, 3.8) is 0 Å². The largest absolute Gasteiger partial charge is 0.392 e. The Hall–Kier alpha value is -4.21. The van der Waals surface area contributed by atoms with Crippen molar-refractivity contribution in [2.45, 2.75) is 52.2 Å². The van der Waals surface area contributed by atoms with Crippen LogP contribution < -0.4 is 15.4 Å². The van der Waals surface area contributed by atoms with Crippen LogP contribution in [0.25, 0.3) is 11.1 Å². The number of aromatic nitrogens is 3. The van der Waals surface area contributed by atoms with Crippen LogP contribution in [0.2, 0.25) is 0 Å². The number of hydrogen-bond acceptors (Lipinski definition) is 6. The molecule has 0 radical (unpaired) electrons. The number of aliphatic hydroxyl groups is 1. The summed E-state index contributed by atoms with van der Waals surface area (Å²) in [5.74, 6) is -0.00656. The van der Waals surface area contributed by atoms with Crippen LogP contribution in [-0.4, -0.2) is 69.3 Å². The molecule has 3 aliphatic rings. The third kappa shape index (κ3) is 5.48. The van der Waals surface area contributed by atoms with E-state index < -0.39 is 0 Å². The molecule has 3 aromatic heterocycles. The van der Waals surface area contributed by atoms with Crippen molar-refractivity contribution in [2.75, 3.05) is 49.1 Å². The fourth-order valence-electron chi connectivity index (χ4n) is 7.40. The van der Waals surface area contributed by atoms with E-state index in [0.717, 1.165) is 104 Å². The fourth-order valence-corrected chi connectivity index (χ4v) is 7.40. The Kier molecular flexibility index (Phi) is 8.06. The first-order valence-corrected chi connectivity index (χ1v) is 16.3. The molecule has 1 aromatic carbocycles. The molecule has 1 fully saturated rings. The SMILES string of the molecule is CCN1CCN(c2ccc(Cc3cc(-c4cccc(N5CCc6c(cc7n6CCCC7)C5=O)c4CO)cn(C)c3=O)nc2)CC1. The van der Waals surface area contributed by atoms with E-state index in [-0.39, 0.29) is 18.1 Å². The molecule has 9 heteroatoms. The van der Waals surface area contributed by atoms with E-state index in [1.165, 1.54) is 5.69 Å². The van der Waals surface area contributed by atoms with Crippen molar-refractivity contribution in [2.24, 2.45) is 7.05 Å². The normalized spacial score (nSPS) is 17.0. The van der Waals surface area contributed by atoms with Gasteiger partial charge in [-0.2, -0.15) is 0 Å². The molecule has 234 valence electrons. The van der Waals surface area contributed by atoms with Gasteiger partial charge < -0.3 is 28.9 Å². The molecule has 45 heavy (non-hydrogen) atoms. The van der Waals surface area contributed by atoms with Crippen LogP contribution in [0.4, 0.5) is 11.4 Å². The summed E-state index contributed by atoms with van der Waals surface area (Å²) in [5, 5.41) is 10.7. The molecule has 0 atom stereocenters. The third-order valence-electron chi connectivity index (χ3n) is 9.94. The molecular formula is C36H42N6O3. The minimum Gasteiger partial charge on any atom is -0.392 e. The van der Waals surface area contributed by atoms with Gasteiger partial charge in [-0.3, -0.25) is 14.6 Å². The van der Waals surface area contributed by atoms with Gasteiger partial charge >= 0.3 is 0 Å². The highest BCUT2D eigenvalue weighted by molar-refractivity contribution is 6.09. The van der Waals surface area contributed by atoms with Crippen molar-refractivity contribution < 1.29 is 9.90 Å². The number of rotatable bonds is 7. The highest BCUT2D eigenvalue weighted by Gasteiger charge is 2.32. The number of aliphatic hydroxyl groups excluding tert-OH is 1. The fraction of sp³-hybridized carbons (Fsp3) is 0.417. The lowest BCUT2D eigenvalue weighted by Gasteiger charge is -2.35. The molecule has 0 saturated carbocycles. The second-order valence-corrected chi connectivity index (χ2v) is 12.5. The number of piperazine rings is 1. The van der Waals surface area contributed by atoms with Gasteiger partial charge in [0.05, 0.1) is 29.7 Å². The summed E-state index contributed by atoms with van der Waals surface area (Å²) in [4.78, 5) is 38.5. The van der Waals surface area contributed by atoms with Crippen molar-refractivity contribution in [3.8, 4) is 11.1 Å². The Morgan fingerprint density at radius 2 is 1.76 bits per heavy atom. The Bertz CT molecular complexity index is 1780. The van der Waals surface area contributed by atoms with Crippen molar-refractivity contribution in [3.05, 3.63) is 99.0 Å². The second kappa shape index (κ2) is 12.3. The molecule has 4 aromatic rings. The summed E-state index contributed by atoms with van der Waals surface area (Å²) in [7, 11) is 1.76. The van der Waals surface area contributed by atoms with E-state index in [0.29, 0.717) is 24.1 Å². The van der Waals surface area contributed by atoms with Crippen LogP contribution in [0.1, 0.15) is 58.3 Å². The maximum atomic E-state index is 13.8. The maximum Gasteiger partial charge on any atom is 0.260 e. The molecule has 0 aliphatic carbocycles. The lowest BCUT2D eigenvalue weighted by molar-refractivity contribution is 0.0979. The molecule has 3 aliphatic heterocycles. The Labute approximate surface area is 264 Å². The van der Waals surface area contributed by atoms with Gasteiger partial charge in [-0.15, -0.1) is 0 Å². The molecule has 7 rings (SSSR count). The van der Waals surface area contributed by atoms with Gasteiger partial charge in [-0.05, 0) is 67.3 Å². The van der Waals surface area contributed by atoms with E-state index in [1.54, 1.807) is 11.6 Å². The third-order valence-corrected chi connectivity index (χ3v) is 9.94. The Morgan fingerprint density at radius 1 is 0.911 bits per heavy atom. The van der Waals surface area contributed by atoms with Gasteiger partial charge in [0.1, 0.15) is 0 Å². The average Bonchev–Trinajstić information content (AvgIpc) is 3.47. The molecular weight excluding hydrogens is 564 g/mol. The number of carbonyl (C=O) groups excluding carboxylic acids is 1. The Balaban J connectivity index is 1.16. The van der Waals surface area contributed by atoms with E-state index in [2.05, 4.69) is 33.4 Å². The molecule has 0 unspecified atom stereocenters. The first-order chi connectivity index (χ1) is 21.9. The number of hydrogen-bond donors (Lipinski definition) is 1. The standard InChI is InChI=1S/C36H42N6O3/c1-3-39-15-17-40(18-16-39)29-11-10-27(37-22-29)20-25-19-26(23-38(2)35(25)44)30-8-6-9-33(32(30)24-43)42-14-12-34-31(36(42)45)21-28-7-4-5-13-41(28)34/h6,8-11,19,21-23,43H,3-5,7,12-18,20,24H2,1-2H3. The highest BCUT2D eigenvalue weighted by atomic mass is 16.3. The Morgan fingerprint density at radius 3 is 2.51 bits per heavy atom. The summed E-state index contributed by atoms with van der Waals surface area (Å²) in [6, 6.07) is 13.9. The van der Waals surface area contributed by atoms with E-state index in [9.17, 15) is 14.7 Å². The monoisotopic (exact) mass is 606 g/mol. The first-order valence-electron chi connectivity index (χ1n) is 16.3. The van der Waals surface area contributed by atoms with Crippen LogP contribution in [0.3, 0.4) is 0 Å². The van der Waals surface area contributed by atoms with Crippen LogP contribution in [0.5, 0.6) is 0 Å². The smallest absolute Gasteiger partial charge is 0.260 e. The van der Waals surface area contributed by atoms with Crippen molar-refractivity contribution >= 4 is 17.3 Å². The predicted octanol–water partition coefficient (Wildman–Crippen LogP) is 4.01. The highest BCUT2D eigenvalue weighted by Crippen LogP contribution is 2.36. The van der Waals surface area contributed by atoms with Crippen LogP contribution >= 0.6 is 0 Å². The number of amides is 1. The zero-order valence-corrected chi connectivity index (χ0v) is 26.3. The molecule has 0 bridgehead atoms. The topological polar surface area (TPSA) is 86.8 Å². The summed E-state index contributed by atoms with van der Waals surface area (Å²) in [5.41, 5.74) is 8.77. The lowest BCUT2D eigenvalue weighted by Crippen LogP contribution is -2.46. The predicted molar refractivity (Wildman–Crippen MR) is 177 cm³/mol. The molecule has 9 nitrogen and oxygen atoms in total. The summed E-state index contributed by atoms with van der Waals surface area (Å²) < 4.78 is 3.95. The number of benzene rings is 1. The van der Waals surface area contributed by atoms with Crippen LogP contribution in [-0.2, 0) is 39.5 Å². The quantitative estimate of drug-likeness (QED) is 0.342. The van der Waals surface area contributed by atoms with Crippen molar-refractivity contribution in [1.82, 2.24) is 19.0 Å².